The van der Waals surface area contributed by atoms with E-state index in [2.05, 4.69) is 55.4 Å². The number of aliphatic hydroxyl groups is 1. The van der Waals surface area contributed by atoms with Crippen molar-refractivity contribution < 1.29 is 48.2 Å². The van der Waals surface area contributed by atoms with E-state index in [9.17, 15) is 15.0 Å². The zero-order valence-corrected chi connectivity index (χ0v) is 32.6. The van der Waals surface area contributed by atoms with Crippen LogP contribution in [0.2, 0.25) is 0 Å². The van der Waals surface area contributed by atoms with Crippen molar-refractivity contribution in [2.75, 3.05) is 7.11 Å². The van der Waals surface area contributed by atoms with Crippen LogP contribution < -0.4 is 5.11 Å². The Morgan fingerprint density at radius 2 is 1.58 bits per heavy atom. The van der Waals surface area contributed by atoms with Crippen molar-refractivity contribution in [3.63, 3.8) is 0 Å². The SMILES string of the molecule is COC1CC(CC2CCC(C)C(C(C)C(=O)[O-])O2)OC2(OC(C)(C3CCC(C)(C4OC(C5OC(C)(O)C(C)CC5C)CC4C)O3)CC2C)C1C. The summed E-state index contributed by atoms with van der Waals surface area (Å²) in [5.41, 5.74) is -1.03. The number of carbonyl (C=O) groups excluding carboxylic acids is 1. The first-order valence-electron chi connectivity index (χ1n) is 19.8. The average molecular weight is 708 g/mol. The predicted octanol–water partition coefficient (Wildman–Crippen LogP) is 5.40. The number of hydrogen-bond acceptors (Lipinski definition) is 10. The Morgan fingerprint density at radius 1 is 0.860 bits per heavy atom. The van der Waals surface area contributed by atoms with Crippen molar-refractivity contribution in [3.8, 4) is 0 Å². The Hall–Kier alpha value is -0.850. The molecule has 0 radical (unpaired) electrons. The molecule has 19 atom stereocenters. The minimum Gasteiger partial charge on any atom is -0.550 e. The molecule has 6 rings (SSSR count). The zero-order chi connectivity index (χ0) is 36.6. The molecule has 6 aliphatic heterocycles. The summed E-state index contributed by atoms with van der Waals surface area (Å²) < 4.78 is 47.1. The third-order valence-corrected chi connectivity index (χ3v) is 14.4. The van der Waals surface area contributed by atoms with E-state index in [0.717, 1.165) is 51.4 Å². The second-order valence-electron chi connectivity index (χ2n) is 18.4. The molecule has 10 nitrogen and oxygen atoms in total. The molecule has 0 saturated carbocycles. The van der Waals surface area contributed by atoms with Gasteiger partial charge in [-0.3, -0.25) is 0 Å². The van der Waals surface area contributed by atoms with Crippen LogP contribution in [-0.4, -0.2) is 89.8 Å². The highest BCUT2D eigenvalue weighted by atomic mass is 16.7. The van der Waals surface area contributed by atoms with Crippen LogP contribution in [0.1, 0.15) is 127 Å². The molecule has 0 aromatic carbocycles. The first kappa shape index (κ1) is 38.9. The lowest BCUT2D eigenvalue weighted by Crippen LogP contribution is -2.58. The number of hydrogen-bond donors (Lipinski definition) is 1. The van der Waals surface area contributed by atoms with Gasteiger partial charge in [0.05, 0.1) is 60.0 Å². The summed E-state index contributed by atoms with van der Waals surface area (Å²) in [5, 5.41) is 22.7. The standard InChI is InChI=1S/C40H68O10/c1-21-12-13-28(45-33(21)26(6)36(41)42)18-29-19-30(44-11)27(7)40(47-29)25(5)20-38(9,50-40)32-14-15-37(8,48-32)35-23(3)17-31(46-35)34-22(2)16-24(4)39(10,43)49-34/h21-35,43H,12-20H2,1-11H3,(H,41,42)/p-1. The van der Waals surface area contributed by atoms with Gasteiger partial charge in [-0.2, -0.15) is 0 Å². The van der Waals surface area contributed by atoms with Crippen molar-refractivity contribution >= 4 is 5.97 Å². The number of aliphatic carboxylic acids is 1. The van der Waals surface area contributed by atoms with Crippen LogP contribution in [0.3, 0.4) is 0 Å². The molecule has 10 heteroatoms. The normalized spacial score (nSPS) is 55.0. The number of methoxy groups -OCH3 is 1. The molecule has 0 bridgehead atoms. The third-order valence-electron chi connectivity index (χ3n) is 14.4. The maximum Gasteiger partial charge on any atom is 0.177 e. The molecule has 0 aromatic rings. The monoisotopic (exact) mass is 707 g/mol. The van der Waals surface area contributed by atoms with Gasteiger partial charge in [0.15, 0.2) is 11.6 Å². The minimum atomic E-state index is -1.15. The number of rotatable bonds is 8. The summed E-state index contributed by atoms with van der Waals surface area (Å²) >= 11 is 0. The van der Waals surface area contributed by atoms with E-state index in [1.165, 1.54) is 0 Å². The van der Waals surface area contributed by atoms with Gasteiger partial charge in [0.25, 0.3) is 0 Å². The lowest BCUT2D eigenvalue weighted by Gasteiger charge is -2.50. The highest BCUT2D eigenvalue weighted by Crippen LogP contribution is 2.57. The molecule has 0 aliphatic carbocycles. The minimum absolute atomic E-state index is 0.00266. The number of ether oxygens (including phenoxy) is 7. The van der Waals surface area contributed by atoms with Gasteiger partial charge < -0.3 is 48.2 Å². The van der Waals surface area contributed by atoms with Crippen molar-refractivity contribution in [2.24, 2.45) is 41.4 Å². The van der Waals surface area contributed by atoms with E-state index >= 15 is 0 Å². The zero-order valence-electron chi connectivity index (χ0n) is 32.6. The molecule has 6 fully saturated rings. The largest absolute Gasteiger partial charge is 0.550 e. The van der Waals surface area contributed by atoms with Crippen LogP contribution in [0.4, 0.5) is 0 Å². The Labute approximate surface area is 300 Å². The summed E-state index contributed by atoms with van der Waals surface area (Å²) in [6, 6.07) is 0. The van der Waals surface area contributed by atoms with Gasteiger partial charge in [0.1, 0.15) is 0 Å². The Bertz CT molecular complexity index is 1210. The molecular formula is C40H67O10-. The van der Waals surface area contributed by atoms with Gasteiger partial charge in [0, 0.05) is 49.6 Å². The molecule has 1 N–H and O–H groups in total. The molecule has 6 saturated heterocycles. The Balaban J connectivity index is 1.13. The second kappa shape index (κ2) is 14.1. The van der Waals surface area contributed by atoms with Crippen LogP contribution >= 0.6 is 0 Å². The van der Waals surface area contributed by atoms with E-state index < -0.39 is 34.7 Å². The number of carboxylic acids is 1. The van der Waals surface area contributed by atoms with E-state index in [1.54, 1.807) is 21.0 Å². The predicted molar refractivity (Wildman–Crippen MR) is 185 cm³/mol. The molecule has 0 amide bonds. The van der Waals surface area contributed by atoms with Gasteiger partial charge >= 0.3 is 0 Å². The van der Waals surface area contributed by atoms with Gasteiger partial charge in [0.2, 0.25) is 0 Å². The molecule has 288 valence electrons. The maximum absolute atomic E-state index is 11.7. The van der Waals surface area contributed by atoms with Gasteiger partial charge in [-0.25, -0.2) is 0 Å². The molecule has 6 heterocycles. The van der Waals surface area contributed by atoms with E-state index in [0.29, 0.717) is 12.3 Å². The third kappa shape index (κ3) is 6.96. The van der Waals surface area contributed by atoms with Crippen molar-refractivity contribution in [2.45, 2.75) is 199 Å². The summed E-state index contributed by atoms with van der Waals surface area (Å²) in [6.07, 6.45) is 6.40. The highest BCUT2D eigenvalue weighted by molar-refractivity contribution is 5.67. The number of carbonyl (C=O) groups is 1. The van der Waals surface area contributed by atoms with Gasteiger partial charge in [-0.15, -0.1) is 0 Å². The molecule has 6 aliphatic rings. The quantitative estimate of drug-likeness (QED) is 0.351. The van der Waals surface area contributed by atoms with Crippen LogP contribution in [0, 0.1) is 41.4 Å². The van der Waals surface area contributed by atoms with E-state index in [4.69, 9.17) is 33.2 Å². The first-order chi connectivity index (χ1) is 23.3. The fraction of sp³-hybridized carbons (Fsp3) is 0.975. The maximum atomic E-state index is 11.7. The average Bonchev–Trinajstić information content (AvgIpc) is 3.72. The lowest BCUT2D eigenvalue weighted by molar-refractivity contribution is -0.353. The van der Waals surface area contributed by atoms with Crippen LogP contribution in [0.15, 0.2) is 0 Å². The van der Waals surface area contributed by atoms with Crippen molar-refractivity contribution in [3.05, 3.63) is 0 Å². The summed E-state index contributed by atoms with van der Waals surface area (Å²) in [6.45, 7) is 20.9. The Morgan fingerprint density at radius 3 is 2.26 bits per heavy atom. The molecule has 19 unspecified atom stereocenters. The van der Waals surface area contributed by atoms with Crippen molar-refractivity contribution in [1.82, 2.24) is 0 Å². The second-order valence-corrected chi connectivity index (χ2v) is 18.4. The molecule has 0 aromatic heterocycles. The summed E-state index contributed by atoms with van der Waals surface area (Å²) in [4.78, 5) is 11.7. The molecule has 1 spiro atoms. The fourth-order valence-corrected chi connectivity index (χ4v) is 11.2. The van der Waals surface area contributed by atoms with Gasteiger partial charge in [-0.05, 0) is 83.5 Å². The smallest absolute Gasteiger partial charge is 0.177 e. The van der Waals surface area contributed by atoms with Gasteiger partial charge in [-0.1, -0.05) is 48.5 Å². The molecular weight excluding hydrogens is 640 g/mol. The first-order valence-corrected chi connectivity index (χ1v) is 19.8. The van der Waals surface area contributed by atoms with E-state index in [1.807, 2.05) is 0 Å². The summed E-state index contributed by atoms with van der Waals surface area (Å²) in [5.74, 6) is -2.80. The topological polar surface area (TPSA) is 125 Å². The number of carboxylic acid groups (broad SMARTS) is 1. The van der Waals surface area contributed by atoms with Crippen LogP contribution in [-0.2, 0) is 38.0 Å². The van der Waals surface area contributed by atoms with Crippen molar-refractivity contribution in [1.29, 1.82) is 0 Å². The molecule has 50 heavy (non-hydrogen) atoms. The Kier molecular flexibility index (Phi) is 11.0. The van der Waals surface area contributed by atoms with E-state index in [-0.39, 0.29) is 78.4 Å². The fourth-order valence-electron chi connectivity index (χ4n) is 11.2. The van der Waals surface area contributed by atoms with Crippen LogP contribution in [0.25, 0.3) is 0 Å². The highest BCUT2D eigenvalue weighted by Gasteiger charge is 2.65. The summed E-state index contributed by atoms with van der Waals surface area (Å²) in [7, 11) is 1.77. The lowest BCUT2D eigenvalue weighted by atomic mass is 9.78. The van der Waals surface area contributed by atoms with Crippen LogP contribution in [0.5, 0.6) is 0 Å².